The lowest BCUT2D eigenvalue weighted by Gasteiger charge is -2.33. The van der Waals surface area contributed by atoms with E-state index in [4.69, 9.17) is 4.74 Å². The van der Waals surface area contributed by atoms with Crippen LogP contribution in [0.15, 0.2) is 0 Å². The van der Waals surface area contributed by atoms with Gasteiger partial charge in [-0.1, -0.05) is 0 Å². The summed E-state index contributed by atoms with van der Waals surface area (Å²) in [7, 11) is 0. The van der Waals surface area contributed by atoms with E-state index in [0.717, 1.165) is 32.7 Å². The maximum Gasteiger partial charge on any atom is 0.222 e. The topological polar surface area (TPSA) is 41.6 Å². The third-order valence-corrected chi connectivity index (χ3v) is 3.68. The molecule has 1 aliphatic heterocycles. The molecule has 0 spiro atoms. The fourth-order valence-electron chi connectivity index (χ4n) is 2.57. The molecule has 4 nitrogen and oxygen atoms in total. The average molecular weight is 270 g/mol. The largest absolute Gasteiger partial charge is 0.382 e. The molecule has 1 unspecified atom stereocenters. The molecule has 4 heteroatoms. The van der Waals surface area contributed by atoms with Gasteiger partial charge in [-0.3, -0.25) is 4.79 Å². The van der Waals surface area contributed by atoms with Crippen LogP contribution in [0, 0.1) is 5.92 Å². The van der Waals surface area contributed by atoms with Gasteiger partial charge < -0.3 is 15.0 Å². The summed E-state index contributed by atoms with van der Waals surface area (Å²) >= 11 is 0. The van der Waals surface area contributed by atoms with E-state index in [-0.39, 0.29) is 5.91 Å². The van der Waals surface area contributed by atoms with Gasteiger partial charge in [0.25, 0.3) is 0 Å². The molecule has 1 N–H and O–H groups in total. The van der Waals surface area contributed by atoms with Crippen molar-refractivity contribution in [3.8, 4) is 0 Å². The molecule has 0 radical (unpaired) electrons. The Morgan fingerprint density at radius 3 is 2.84 bits per heavy atom. The minimum absolute atomic E-state index is 0.278. The highest BCUT2D eigenvalue weighted by Crippen LogP contribution is 2.15. The minimum Gasteiger partial charge on any atom is -0.382 e. The molecule has 0 aromatic carbocycles. The van der Waals surface area contributed by atoms with Gasteiger partial charge >= 0.3 is 0 Å². The number of nitrogens with one attached hydrogen (secondary N) is 1. The zero-order chi connectivity index (χ0) is 14.1. The minimum atomic E-state index is 0.278. The van der Waals surface area contributed by atoms with Crippen molar-refractivity contribution in [2.45, 2.75) is 52.5 Å². The third kappa shape index (κ3) is 6.39. The van der Waals surface area contributed by atoms with Crippen LogP contribution in [0.25, 0.3) is 0 Å². The smallest absolute Gasteiger partial charge is 0.222 e. The van der Waals surface area contributed by atoms with E-state index in [0.29, 0.717) is 25.0 Å². The molecule has 1 aliphatic rings. The predicted octanol–water partition coefficient (Wildman–Crippen LogP) is 2.04. The quantitative estimate of drug-likeness (QED) is 0.686. The number of hydrogen-bond donors (Lipinski definition) is 1. The monoisotopic (exact) mass is 270 g/mol. The van der Waals surface area contributed by atoms with Gasteiger partial charge in [-0.2, -0.15) is 0 Å². The second-order valence-corrected chi connectivity index (χ2v) is 5.65. The molecule has 0 saturated carbocycles. The Bertz CT molecular complexity index is 251. The molecule has 0 bridgehead atoms. The Morgan fingerprint density at radius 1 is 1.47 bits per heavy atom. The number of amides is 1. The fourth-order valence-corrected chi connectivity index (χ4v) is 2.57. The summed E-state index contributed by atoms with van der Waals surface area (Å²) in [6.07, 6.45) is 3.91. The van der Waals surface area contributed by atoms with E-state index in [1.165, 1.54) is 12.8 Å². The van der Waals surface area contributed by atoms with Crippen LogP contribution in [0.5, 0.6) is 0 Å². The van der Waals surface area contributed by atoms with Crippen LogP contribution in [-0.2, 0) is 9.53 Å². The van der Waals surface area contributed by atoms with Crippen LogP contribution in [0.4, 0.5) is 0 Å². The van der Waals surface area contributed by atoms with Gasteiger partial charge in [-0.15, -0.1) is 0 Å². The van der Waals surface area contributed by atoms with Gasteiger partial charge in [0.2, 0.25) is 5.91 Å². The number of carbonyl (C=O) groups excluding carboxylic acids is 1. The van der Waals surface area contributed by atoms with Crippen molar-refractivity contribution in [3.63, 3.8) is 0 Å². The number of piperidine rings is 1. The Labute approximate surface area is 117 Å². The molecule has 1 rings (SSSR count). The second kappa shape index (κ2) is 9.32. The fraction of sp³-hybridized carbons (Fsp3) is 0.933. The van der Waals surface area contributed by atoms with E-state index < -0.39 is 0 Å². The van der Waals surface area contributed by atoms with Gasteiger partial charge in [-0.25, -0.2) is 0 Å². The van der Waals surface area contributed by atoms with Crippen molar-refractivity contribution in [1.82, 2.24) is 10.2 Å². The van der Waals surface area contributed by atoms with E-state index in [2.05, 4.69) is 19.2 Å². The molecule has 112 valence electrons. The standard InChI is InChI=1S/C15H30N2O2/c1-4-19-10-6-8-15(18)17(13(2)3)12-14-7-5-9-16-11-14/h13-14,16H,4-12H2,1-3H3. The first-order valence-corrected chi connectivity index (χ1v) is 7.73. The van der Waals surface area contributed by atoms with Crippen molar-refractivity contribution < 1.29 is 9.53 Å². The average Bonchev–Trinajstić information content (AvgIpc) is 2.41. The lowest BCUT2D eigenvalue weighted by atomic mass is 9.98. The Kier molecular flexibility index (Phi) is 8.07. The Balaban J connectivity index is 2.35. The summed E-state index contributed by atoms with van der Waals surface area (Å²) < 4.78 is 5.29. The highest BCUT2D eigenvalue weighted by atomic mass is 16.5. The first-order valence-electron chi connectivity index (χ1n) is 7.73. The summed E-state index contributed by atoms with van der Waals surface area (Å²) in [6.45, 7) is 10.7. The van der Waals surface area contributed by atoms with Gasteiger partial charge in [0.05, 0.1) is 0 Å². The van der Waals surface area contributed by atoms with E-state index in [1.54, 1.807) is 0 Å². The molecule has 1 atom stereocenters. The molecular weight excluding hydrogens is 240 g/mol. The van der Waals surface area contributed by atoms with Gasteiger partial charge in [0.1, 0.15) is 0 Å². The highest BCUT2D eigenvalue weighted by molar-refractivity contribution is 5.76. The lowest BCUT2D eigenvalue weighted by molar-refractivity contribution is -0.134. The van der Waals surface area contributed by atoms with Crippen LogP contribution < -0.4 is 5.32 Å². The SMILES string of the molecule is CCOCCCC(=O)N(CC1CCCNC1)C(C)C. The maximum atomic E-state index is 12.3. The van der Waals surface area contributed by atoms with Crippen LogP contribution in [0.3, 0.4) is 0 Å². The molecule has 0 aromatic heterocycles. The summed E-state index contributed by atoms with van der Waals surface area (Å²) in [5.41, 5.74) is 0. The zero-order valence-corrected chi connectivity index (χ0v) is 12.8. The van der Waals surface area contributed by atoms with E-state index in [1.807, 2.05) is 11.8 Å². The van der Waals surface area contributed by atoms with Crippen molar-refractivity contribution in [1.29, 1.82) is 0 Å². The van der Waals surface area contributed by atoms with E-state index in [9.17, 15) is 4.79 Å². The van der Waals surface area contributed by atoms with Gasteiger partial charge in [0, 0.05) is 32.2 Å². The normalized spacial score (nSPS) is 19.7. The predicted molar refractivity (Wildman–Crippen MR) is 78.2 cm³/mol. The number of carbonyl (C=O) groups is 1. The highest BCUT2D eigenvalue weighted by Gasteiger charge is 2.22. The summed E-state index contributed by atoms with van der Waals surface area (Å²) in [5.74, 6) is 0.896. The molecule has 0 aliphatic carbocycles. The lowest BCUT2D eigenvalue weighted by Crippen LogP contribution is -2.44. The van der Waals surface area contributed by atoms with Crippen LogP contribution in [-0.4, -0.2) is 49.7 Å². The molecule has 1 fully saturated rings. The van der Waals surface area contributed by atoms with Crippen molar-refractivity contribution in [2.75, 3.05) is 32.8 Å². The summed E-state index contributed by atoms with van der Waals surface area (Å²) in [4.78, 5) is 14.3. The Hall–Kier alpha value is -0.610. The Morgan fingerprint density at radius 2 is 2.26 bits per heavy atom. The molecular formula is C15H30N2O2. The van der Waals surface area contributed by atoms with Gasteiger partial charge in [0.15, 0.2) is 0 Å². The first kappa shape index (κ1) is 16.4. The summed E-state index contributed by atoms with van der Waals surface area (Å²) in [5, 5.41) is 3.42. The first-order chi connectivity index (χ1) is 9.15. The van der Waals surface area contributed by atoms with Crippen LogP contribution >= 0.6 is 0 Å². The maximum absolute atomic E-state index is 12.3. The third-order valence-electron chi connectivity index (χ3n) is 3.68. The number of ether oxygens (including phenoxy) is 1. The van der Waals surface area contributed by atoms with Gasteiger partial charge in [-0.05, 0) is 59.0 Å². The zero-order valence-electron chi connectivity index (χ0n) is 12.8. The number of hydrogen-bond acceptors (Lipinski definition) is 3. The van der Waals surface area contributed by atoms with Crippen molar-refractivity contribution >= 4 is 5.91 Å². The molecule has 0 aromatic rings. The molecule has 1 heterocycles. The molecule has 19 heavy (non-hydrogen) atoms. The summed E-state index contributed by atoms with van der Waals surface area (Å²) in [6, 6.07) is 0.293. The van der Waals surface area contributed by atoms with Crippen LogP contribution in [0.1, 0.15) is 46.5 Å². The van der Waals surface area contributed by atoms with Crippen LogP contribution in [0.2, 0.25) is 0 Å². The number of nitrogens with zero attached hydrogens (tertiary/aromatic N) is 1. The van der Waals surface area contributed by atoms with Crippen molar-refractivity contribution in [3.05, 3.63) is 0 Å². The molecule has 1 amide bonds. The second-order valence-electron chi connectivity index (χ2n) is 5.65. The van der Waals surface area contributed by atoms with E-state index >= 15 is 0 Å². The number of rotatable bonds is 8. The van der Waals surface area contributed by atoms with Crippen molar-refractivity contribution in [2.24, 2.45) is 5.92 Å². The molecule has 1 saturated heterocycles.